The molecule has 4 nitrogen and oxygen atoms in total. The van der Waals surface area contributed by atoms with E-state index in [1.807, 2.05) is 0 Å². The summed E-state index contributed by atoms with van der Waals surface area (Å²) in [5.41, 5.74) is 0. The molecule has 0 fully saturated rings. The van der Waals surface area contributed by atoms with Gasteiger partial charge in [0.05, 0.1) is 0 Å². The summed E-state index contributed by atoms with van der Waals surface area (Å²) >= 11 is -1.25. The van der Waals surface area contributed by atoms with Crippen LogP contribution in [-0.2, 0) is 4.79 Å². The molecule has 5 heteroatoms. The first kappa shape index (κ1) is 15.4. The van der Waals surface area contributed by atoms with Crippen LogP contribution in [0.25, 0.3) is 0 Å². The second-order valence-corrected chi connectivity index (χ2v) is 2.88. The Bertz CT molecular complexity index is 108. The summed E-state index contributed by atoms with van der Waals surface area (Å²) in [5, 5.41) is 9.92. The molecular formula is C8H17AlO4. The number of hydrogen-bond acceptors (Lipinski definition) is 4. The van der Waals surface area contributed by atoms with Crippen LogP contribution >= 0.6 is 0 Å². The van der Waals surface area contributed by atoms with Crippen molar-refractivity contribution in [2.75, 3.05) is 0 Å². The Hall–Kier alpha value is -0.0775. The molecule has 0 atom stereocenters. The number of carboxylic acids is 1. The minimum atomic E-state index is -1.25. The van der Waals surface area contributed by atoms with Gasteiger partial charge in [0.25, 0.3) is 0 Å². The summed E-state index contributed by atoms with van der Waals surface area (Å²) in [7, 11) is 0. The van der Waals surface area contributed by atoms with Crippen molar-refractivity contribution >= 4 is 21.9 Å². The third-order valence-electron chi connectivity index (χ3n) is 1.48. The zero-order chi connectivity index (χ0) is 10.5. The SMILES string of the molecule is CCCCCCCC(=O)[O-].[OH][Al+][OH]. The monoisotopic (exact) mass is 204 g/mol. The van der Waals surface area contributed by atoms with Crippen LogP contribution < -0.4 is 5.11 Å². The fraction of sp³-hybridized carbons (Fsp3) is 0.875. The fourth-order valence-corrected chi connectivity index (χ4v) is 0.873. The number of carbonyl (C=O) groups excluding carboxylic acids is 1. The standard InChI is InChI=1S/C8H16O2.Al.2H2O/c1-2-3-4-5-6-7-8(9)10;;;/h2-7H2,1H3,(H,9,10);;2*1H2/q;+3;;/p-3. The molecule has 0 aromatic carbocycles. The maximum atomic E-state index is 9.92. The van der Waals surface area contributed by atoms with Gasteiger partial charge in [0.2, 0.25) is 0 Å². The molecule has 13 heavy (non-hydrogen) atoms. The van der Waals surface area contributed by atoms with Gasteiger partial charge < -0.3 is 9.90 Å². The molecule has 0 amide bonds. The first-order valence-corrected chi connectivity index (χ1v) is 5.52. The van der Waals surface area contributed by atoms with Crippen LogP contribution in [0.2, 0.25) is 0 Å². The molecule has 0 aromatic heterocycles. The quantitative estimate of drug-likeness (QED) is 0.455. The Morgan fingerprint density at radius 3 is 2.08 bits per heavy atom. The van der Waals surface area contributed by atoms with E-state index in [0.717, 1.165) is 19.3 Å². The molecule has 0 saturated heterocycles. The molecule has 0 aromatic rings. The van der Waals surface area contributed by atoms with E-state index in [0.29, 0.717) is 0 Å². The maximum absolute atomic E-state index is 9.92. The number of unbranched alkanes of at least 4 members (excludes halogenated alkanes) is 4. The van der Waals surface area contributed by atoms with E-state index < -0.39 is 21.9 Å². The van der Waals surface area contributed by atoms with Gasteiger partial charge in [0.1, 0.15) is 0 Å². The van der Waals surface area contributed by atoms with Crippen LogP contribution in [0.4, 0.5) is 0 Å². The third-order valence-corrected chi connectivity index (χ3v) is 1.48. The van der Waals surface area contributed by atoms with Crippen molar-refractivity contribution in [1.82, 2.24) is 0 Å². The van der Waals surface area contributed by atoms with Crippen molar-refractivity contribution in [3.63, 3.8) is 0 Å². The second kappa shape index (κ2) is 14.4. The average molecular weight is 204 g/mol. The van der Waals surface area contributed by atoms with Gasteiger partial charge in [-0.15, -0.1) is 0 Å². The molecule has 2 N–H and O–H groups in total. The summed E-state index contributed by atoms with van der Waals surface area (Å²) in [6, 6.07) is 0. The molecule has 0 heterocycles. The van der Waals surface area contributed by atoms with Gasteiger partial charge in [0.15, 0.2) is 0 Å². The van der Waals surface area contributed by atoms with Crippen molar-refractivity contribution < 1.29 is 18.2 Å². The van der Waals surface area contributed by atoms with Crippen LogP contribution in [0.3, 0.4) is 0 Å². The molecule has 0 aliphatic heterocycles. The van der Waals surface area contributed by atoms with Gasteiger partial charge >= 0.3 is 24.2 Å². The van der Waals surface area contributed by atoms with Crippen LogP contribution in [0.5, 0.6) is 0 Å². The van der Waals surface area contributed by atoms with Gasteiger partial charge in [-0.2, -0.15) is 0 Å². The molecule has 0 radical (unpaired) electrons. The summed E-state index contributed by atoms with van der Waals surface area (Å²) in [5.74, 6) is -0.920. The van der Waals surface area contributed by atoms with E-state index in [4.69, 9.17) is 8.32 Å². The third kappa shape index (κ3) is 24.5. The van der Waals surface area contributed by atoms with Crippen molar-refractivity contribution in [2.45, 2.75) is 45.4 Å². The van der Waals surface area contributed by atoms with Gasteiger partial charge in [-0.05, 0) is 12.8 Å². The van der Waals surface area contributed by atoms with E-state index in [1.54, 1.807) is 0 Å². The van der Waals surface area contributed by atoms with E-state index in [9.17, 15) is 9.90 Å². The van der Waals surface area contributed by atoms with Crippen molar-refractivity contribution in [1.29, 1.82) is 0 Å². The normalized spacial score (nSPS) is 8.23. The van der Waals surface area contributed by atoms with E-state index in [1.165, 1.54) is 12.8 Å². The second-order valence-electron chi connectivity index (χ2n) is 2.65. The Labute approximate surface area is 86.0 Å². The van der Waals surface area contributed by atoms with E-state index >= 15 is 0 Å². The minimum absolute atomic E-state index is 0.226. The predicted molar refractivity (Wildman–Crippen MR) is 48.6 cm³/mol. The van der Waals surface area contributed by atoms with Crippen LogP contribution in [0.15, 0.2) is 0 Å². The summed E-state index contributed by atoms with van der Waals surface area (Å²) < 4.78 is 14.4. The van der Waals surface area contributed by atoms with E-state index in [2.05, 4.69) is 6.92 Å². The van der Waals surface area contributed by atoms with Crippen molar-refractivity contribution in [2.24, 2.45) is 0 Å². The number of hydrogen-bond donors (Lipinski definition) is 2. The van der Waals surface area contributed by atoms with Crippen molar-refractivity contribution in [3.05, 3.63) is 0 Å². The number of rotatable bonds is 6. The Morgan fingerprint density at radius 1 is 1.23 bits per heavy atom. The molecule has 0 aliphatic rings. The van der Waals surface area contributed by atoms with Gasteiger partial charge in [-0.1, -0.05) is 32.6 Å². The zero-order valence-electron chi connectivity index (χ0n) is 8.03. The number of carboxylic acid groups (broad SMARTS) is 1. The Balaban J connectivity index is 0. The average Bonchev–Trinajstić information content (AvgIpc) is 2.05. The van der Waals surface area contributed by atoms with Gasteiger partial charge in [-0.25, -0.2) is 0 Å². The van der Waals surface area contributed by atoms with Crippen LogP contribution in [0.1, 0.15) is 45.4 Å². The Kier molecular flexibility index (Phi) is 17.1. The van der Waals surface area contributed by atoms with E-state index in [-0.39, 0.29) is 6.42 Å². The molecule has 0 aliphatic carbocycles. The first-order valence-electron chi connectivity index (χ1n) is 4.49. The van der Waals surface area contributed by atoms with Gasteiger partial charge in [-0.3, -0.25) is 0 Å². The summed E-state index contributed by atoms with van der Waals surface area (Å²) in [4.78, 5) is 9.92. The van der Waals surface area contributed by atoms with Crippen LogP contribution in [-0.4, -0.2) is 30.2 Å². The van der Waals surface area contributed by atoms with Crippen LogP contribution in [0, 0.1) is 0 Å². The number of carbonyl (C=O) groups is 1. The fourth-order valence-electron chi connectivity index (χ4n) is 0.873. The summed E-state index contributed by atoms with van der Waals surface area (Å²) in [6.07, 6.45) is 5.61. The molecular weight excluding hydrogens is 187 g/mol. The molecule has 0 spiro atoms. The molecule has 0 rings (SSSR count). The molecule has 0 bridgehead atoms. The molecule has 0 saturated carbocycles. The topological polar surface area (TPSA) is 80.6 Å². The Morgan fingerprint density at radius 2 is 1.69 bits per heavy atom. The molecule has 76 valence electrons. The zero-order valence-corrected chi connectivity index (χ0v) is 9.19. The predicted octanol–water partition coefficient (Wildman–Crippen LogP) is -0.398. The number of aliphatic carboxylic acids is 1. The molecule has 0 unspecified atom stereocenters. The first-order chi connectivity index (χ1) is 6.18. The van der Waals surface area contributed by atoms with Crippen molar-refractivity contribution in [3.8, 4) is 0 Å². The van der Waals surface area contributed by atoms with Gasteiger partial charge in [0, 0.05) is 5.97 Å². The summed E-state index contributed by atoms with van der Waals surface area (Å²) in [6.45, 7) is 2.14.